The molecule has 3 heterocycles. The molecule has 1 N–H and O–H groups in total. The number of hydrogen-bond donors (Lipinski definition) is 1. The molecule has 32 heavy (non-hydrogen) atoms. The van der Waals surface area contributed by atoms with Crippen LogP contribution in [0.4, 0.5) is 25.4 Å². The van der Waals surface area contributed by atoms with E-state index in [1.807, 2.05) is 9.80 Å². The second-order valence-corrected chi connectivity index (χ2v) is 8.66. The number of hydrogen-bond acceptors (Lipinski definition) is 6. The summed E-state index contributed by atoms with van der Waals surface area (Å²) >= 11 is 4.98. The molecule has 0 bridgehead atoms. The summed E-state index contributed by atoms with van der Waals surface area (Å²) in [6, 6.07) is 4.79. The van der Waals surface area contributed by atoms with E-state index in [-0.39, 0.29) is 12.1 Å². The average Bonchev–Trinajstić information content (AvgIpc) is 3.18. The van der Waals surface area contributed by atoms with Crippen molar-refractivity contribution in [3.63, 3.8) is 0 Å². The summed E-state index contributed by atoms with van der Waals surface area (Å²) in [5, 5.41) is 2.99. The van der Waals surface area contributed by atoms with Gasteiger partial charge in [0.15, 0.2) is 0 Å². The van der Waals surface area contributed by atoms with Gasteiger partial charge in [-0.25, -0.2) is 14.0 Å². The Hall–Kier alpha value is -2.66. The average molecular weight is 466 g/mol. The molecule has 1 aromatic carbocycles. The van der Waals surface area contributed by atoms with Crippen LogP contribution >= 0.6 is 12.2 Å². The first-order chi connectivity index (χ1) is 15.4. The molecule has 3 amide bonds. The number of ether oxygens (including phenoxy) is 2. The molecular weight excluding hydrogens is 437 g/mol. The van der Waals surface area contributed by atoms with Crippen LogP contribution in [0.15, 0.2) is 18.2 Å². The molecule has 0 aliphatic carbocycles. The van der Waals surface area contributed by atoms with Crippen molar-refractivity contribution in [3.05, 3.63) is 24.0 Å². The SMILES string of the molecule is CC(=S)NC[C@H]1CN(c2ccc(N3CCN(C(=O)N4CCOCC4)CC3)c(F)c2)C(=O)O1. The number of nitrogens with zero attached hydrogens (tertiary/aromatic N) is 4. The molecule has 3 aliphatic rings. The number of nitrogens with one attached hydrogen (secondary N) is 1. The third-order valence-corrected chi connectivity index (χ3v) is 6.01. The van der Waals surface area contributed by atoms with Crippen LogP contribution in [0.5, 0.6) is 0 Å². The normalized spacial score (nSPS) is 21.6. The van der Waals surface area contributed by atoms with Crippen LogP contribution in [-0.2, 0) is 9.47 Å². The van der Waals surface area contributed by atoms with Crippen molar-refractivity contribution in [2.45, 2.75) is 13.0 Å². The summed E-state index contributed by atoms with van der Waals surface area (Å²) < 4.78 is 25.6. The third-order valence-electron chi connectivity index (χ3n) is 5.87. The number of amides is 3. The van der Waals surface area contributed by atoms with E-state index in [2.05, 4.69) is 5.32 Å². The van der Waals surface area contributed by atoms with Crippen molar-refractivity contribution in [2.75, 3.05) is 75.4 Å². The van der Waals surface area contributed by atoms with Gasteiger partial charge in [0.25, 0.3) is 0 Å². The van der Waals surface area contributed by atoms with Crippen molar-refractivity contribution in [3.8, 4) is 0 Å². The van der Waals surface area contributed by atoms with E-state index in [4.69, 9.17) is 21.7 Å². The number of piperazine rings is 1. The minimum absolute atomic E-state index is 0.0178. The first kappa shape index (κ1) is 22.5. The lowest BCUT2D eigenvalue weighted by Gasteiger charge is -2.39. The van der Waals surface area contributed by atoms with Gasteiger partial charge < -0.3 is 29.5 Å². The quantitative estimate of drug-likeness (QED) is 0.678. The van der Waals surface area contributed by atoms with E-state index in [0.29, 0.717) is 81.9 Å². The maximum absolute atomic E-state index is 15.0. The number of benzene rings is 1. The van der Waals surface area contributed by atoms with Crippen LogP contribution in [0.3, 0.4) is 0 Å². The molecule has 0 aromatic heterocycles. The topological polar surface area (TPSA) is 77.6 Å². The predicted molar refractivity (Wildman–Crippen MR) is 122 cm³/mol. The molecule has 9 nitrogen and oxygen atoms in total. The number of thiocarbonyl (C=S) groups is 1. The van der Waals surface area contributed by atoms with Gasteiger partial charge in [-0.2, -0.15) is 0 Å². The Balaban J connectivity index is 1.34. The van der Waals surface area contributed by atoms with Gasteiger partial charge in [0.2, 0.25) is 0 Å². The Morgan fingerprint density at radius 1 is 1.16 bits per heavy atom. The van der Waals surface area contributed by atoms with Gasteiger partial charge >= 0.3 is 12.1 Å². The molecule has 0 saturated carbocycles. The van der Waals surface area contributed by atoms with Gasteiger partial charge in [-0.05, 0) is 25.1 Å². The number of halogens is 1. The van der Waals surface area contributed by atoms with Crippen LogP contribution in [-0.4, -0.2) is 98.6 Å². The van der Waals surface area contributed by atoms with Crippen LogP contribution < -0.4 is 15.1 Å². The van der Waals surface area contributed by atoms with Crippen molar-refractivity contribution in [1.82, 2.24) is 15.1 Å². The van der Waals surface area contributed by atoms with Crippen LogP contribution in [0.25, 0.3) is 0 Å². The smallest absolute Gasteiger partial charge is 0.414 e. The van der Waals surface area contributed by atoms with E-state index >= 15 is 0 Å². The van der Waals surface area contributed by atoms with Gasteiger partial charge in [-0.15, -0.1) is 0 Å². The molecule has 0 unspecified atom stereocenters. The zero-order valence-electron chi connectivity index (χ0n) is 18.1. The molecule has 3 aliphatic heterocycles. The van der Waals surface area contributed by atoms with Gasteiger partial charge in [0, 0.05) is 39.3 Å². The van der Waals surface area contributed by atoms with E-state index in [1.54, 1.807) is 24.0 Å². The number of anilines is 2. The molecule has 3 saturated heterocycles. The first-order valence-electron chi connectivity index (χ1n) is 10.8. The zero-order chi connectivity index (χ0) is 22.7. The van der Waals surface area contributed by atoms with E-state index in [1.165, 1.54) is 11.0 Å². The number of rotatable bonds is 4. The minimum Gasteiger partial charge on any atom is -0.442 e. The van der Waals surface area contributed by atoms with E-state index in [0.717, 1.165) is 0 Å². The Morgan fingerprint density at radius 2 is 1.84 bits per heavy atom. The summed E-state index contributed by atoms with van der Waals surface area (Å²) in [6.45, 7) is 7.01. The van der Waals surface area contributed by atoms with Crippen LogP contribution in [0.1, 0.15) is 6.92 Å². The fourth-order valence-electron chi connectivity index (χ4n) is 4.11. The lowest BCUT2D eigenvalue weighted by Crippen LogP contribution is -2.55. The highest BCUT2D eigenvalue weighted by Gasteiger charge is 2.33. The Kier molecular flexibility index (Phi) is 6.95. The standard InChI is InChI=1S/C21H28FN5O4S/c1-15(32)23-13-17-14-27(21(29)31-17)16-2-3-19(18(22)12-16)24-4-6-25(7-5-24)20(28)26-8-10-30-11-9-26/h2-3,12,17H,4-11,13-14H2,1H3,(H,23,32)/t17-/m0/s1. The van der Waals surface area contributed by atoms with Crippen LogP contribution in [0.2, 0.25) is 0 Å². The maximum Gasteiger partial charge on any atom is 0.414 e. The highest BCUT2D eigenvalue weighted by atomic mass is 32.1. The molecule has 1 aromatic rings. The Bertz CT molecular complexity index is 874. The first-order valence-corrected chi connectivity index (χ1v) is 11.2. The number of carbonyl (C=O) groups excluding carboxylic acids is 2. The molecule has 174 valence electrons. The molecular formula is C21H28FN5O4S. The lowest BCUT2D eigenvalue weighted by atomic mass is 10.2. The second kappa shape index (κ2) is 9.86. The monoisotopic (exact) mass is 465 g/mol. The zero-order valence-corrected chi connectivity index (χ0v) is 18.9. The largest absolute Gasteiger partial charge is 0.442 e. The number of carbonyl (C=O) groups is 2. The van der Waals surface area contributed by atoms with Gasteiger partial charge in [0.05, 0.1) is 42.7 Å². The van der Waals surface area contributed by atoms with Crippen molar-refractivity contribution < 1.29 is 23.5 Å². The molecule has 4 rings (SSSR count). The third kappa shape index (κ3) is 5.04. The van der Waals surface area contributed by atoms with Gasteiger partial charge in [0.1, 0.15) is 11.9 Å². The fourth-order valence-corrected chi connectivity index (χ4v) is 4.19. The van der Waals surface area contributed by atoms with Crippen molar-refractivity contribution >= 4 is 40.7 Å². The molecule has 1 atom stereocenters. The summed E-state index contributed by atoms with van der Waals surface area (Å²) in [5.74, 6) is -0.403. The van der Waals surface area contributed by atoms with E-state index < -0.39 is 11.9 Å². The van der Waals surface area contributed by atoms with Gasteiger partial charge in [-0.3, -0.25) is 4.90 Å². The number of cyclic esters (lactones) is 1. The number of urea groups is 1. The second-order valence-electron chi connectivity index (χ2n) is 8.05. The summed E-state index contributed by atoms with van der Waals surface area (Å²) in [7, 11) is 0. The Labute approximate surface area is 192 Å². The van der Waals surface area contributed by atoms with Gasteiger partial charge in [-0.1, -0.05) is 12.2 Å². The lowest BCUT2D eigenvalue weighted by molar-refractivity contribution is 0.0428. The number of morpholine rings is 1. The maximum atomic E-state index is 15.0. The summed E-state index contributed by atoms with van der Waals surface area (Å²) in [5.41, 5.74) is 0.924. The van der Waals surface area contributed by atoms with Crippen molar-refractivity contribution in [1.29, 1.82) is 0 Å². The molecule has 0 radical (unpaired) electrons. The molecule has 11 heteroatoms. The molecule has 3 fully saturated rings. The Morgan fingerprint density at radius 3 is 2.50 bits per heavy atom. The highest BCUT2D eigenvalue weighted by molar-refractivity contribution is 7.80. The summed E-state index contributed by atoms with van der Waals surface area (Å²) in [4.78, 5) is 32.5. The van der Waals surface area contributed by atoms with Crippen molar-refractivity contribution in [2.24, 2.45) is 0 Å². The molecule has 0 spiro atoms. The predicted octanol–water partition coefficient (Wildman–Crippen LogP) is 1.66. The highest BCUT2D eigenvalue weighted by Crippen LogP contribution is 2.28. The van der Waals surface area contributed by atoms with Crippen LogP contribution in [0, 0.1) is 5.82 Å². The van der Waals surface area contributed by atoms with E-state index in [9.17, 15) is 14.0 Å². The summed E-state index contributed by atoms with van der Waals surface area (Å²) in [6.07, 6.45) is -0.846. The minimum atomic E-state index is -0.499. The fraction of sp³-hybridized carbons (Fsp3) is 0.571.